The summed E-state index contributed by atoms with van der Waals surface area (Å²) in [4.78, 5) is 0. The first-order valence-electron chi connectivity index (χ1n) is 10.2. The molecule has 0 saturated carbocycles. The Hall–Kier alpha value is -0.0800. The maximum Gasteiger partial charge on any atom is 0.115 e. The molecule has 0 saturated heterocycles. The summed E-state index contributed by atoms with van der Waals surface area (Å²) < 4.78 is 0. The van der Waals surface area contributed by atoms with Gasteiger partial charge < -0.3 is 5.11 Å². The van der Waals surface area contributed by atoms with E-state index in [9.17, 15) is 5.11 Å². The van der Waals surface area contributed by atoms with Gasteiger partial charge in [-0.3, -0.25) is 5.32 Å². The van der Waals surface area contributed by atoms with E-state index in [1.54, 1.807) is 0 Å². The lowest BCUT2D eigenvalue weighted by atomic mass is 10.0. The van der Waals surface area contributed by atoms with Crippen molar-refractivity contribution >= 4 is 0 Å². The lowest BCUT2D eigenvalue weighted by Gasteiger charge is -2.27. The first-order valence-corrected chi connectivity index (χ1v) is 10.2. The minimum Gasteiger partial charge on any atom is -0.376 e. The number of aliphatic hydroxyl groups is 1. The number of hydrogen-bond acceptors (Lipinski definition) is 2. The first-order chi connectivity index (χ1) is 10.7. The Balaban J connectivity index is 3.23. The summed E-state index contributed by atoms with van der Waals surface area (Å²) in [5.41, 5.74) is -0.619. The summed E-state index contributed by atoms with van der Waals surface area (Å²) >= 11 is 0. The Kier molecular flexibility index (Phi) is 15.7. The van der Waals surface area contributed by atoms with E-state index in [4.69, 9.17) is 0 Å². The average Bonchev–Trinajstić information content (AvgIpc) is 2.52. The monoisotopic (exact) mass is 313 g/mol. The van der Waals surface area contributed by atoms with Crippen molar-refractivity contribution < 1.29 is 5.11 Å². The molecule has 0 amide bonds. The zero-order chi connectivity index (χ0) is 16.5. The van der Waals surface area contributed by atoms with Gasteiger partial charge in [-0.1, -0.05) is 97.8 Å². The summed E-state index contributed by atoms with van der Waals surface area (Å²) in [6.07, 6.45) is 19.3. The maximum absolute atomic E-state index is 10.3. The molecule has 0 aliphatic rings. The molecular weight excluding hydrogens is 270 g/mol. The molecule has 0 aliphatic heterocycles. The van der Waals surface area contributed by atoms with Gasteiger partial charge in [-0.05, 0) is 25.8 Å². The zero-order valence-corrected chi connectivity index (χ0v) is 15.8. The molecule has 0 aromatic heterocycles. The molecule has 2 heteroatoms. The van der Waals surface area contributed by atoms with Crippen LogP contribution in [0.4, 0.5) is 0 Å². The molecule has 0 aromatic carbocycles. The van der Waals surface area contributed by atoms with E-state index >= 15 is 0 Å². The third-order valence-corrected chi connectivity index (χ3v) is 4.73. The van der Waals surface area contributed by atoms with Crippen molar-refractivity contribution in [2.75, 3.05) is 6.54 Å². The molecule has 0 fully saturated rings. The van der Waals surface area contributed by atoms with Gasteiger partial charge in [-0.15, -0.1) is 0 Å². The molecular formula is C20H43NO. The largest absolute Gasteiger partial charge is 0.376 e. The molecule has 1 atom stereocenters. The minimum atomic E-state index is -0.619. The predicted octanol–water partition coefficient (Wildman–Crippen LogP) is 6.18. The molecule has 0 aromatic rings. The van der Waals surface area contributed by atoms with Gasteiger partial charge in [-0.2, -0.15) is 0 Å². The van der Waals surface area contributed by atoms with Crippen LogP contribution in [0.3, 0.4) is 0 Å². The summed E-state index contributed by atoms with van der Waals surface area (Å²) in [6, 6.07) is 0. The van der Waals surface area contributed by atoms with Gasteiger partial charge in [0.2, 0.25) is 0 Å². The van der Waals surface area contributed by atoms with Crippen LogP contribution in [0.25, 0.3) is 0 Å². The fraction of sp³-hybridized carbons (Fsp3) is 1.00. The lowest BCUT2D eigenvalue weighted by Crippen LogP contribution is -2.44. The van der Waals surface area contributed by atoms with Crippen molar-refractivity contribution in [3.63, 3.8) is 0 Å². The van der Waals surface area contributed by atoms with Crippen molar-refractivity contribution in [1.29, 1.82) is 0 Å². The molecule has 1 unspecified atom stereocenters. The van der Waals surface area contributed by atoms with Gasteiger partial charge in [0.05, 0.1) is 0 Å². The van der Waals surface area contributed by atoms with E-state index in [-0.39, 0.29) is 0 Å². The van der Waals surface area contributed by atoms with Crippen LogP contribution in [0.5, 0.6) is 0 Å². The van der Waals surface area contributed by atoms with E-state index in [2.05, 4.69) is 26.1 Å². The van der Waals surface area contributed by atoms with E-state index < -0.39 is 5.72 Å². The number of hydrogen-bond donors (Lipinski definition) is 2. The summed E-state index contributed by atoms with van der Waals surface area (Å²) in [5, 5.41) is 13.6. The molecule has 0 rings (SSSR count). The highest BCUT2D eigenvalue weighted by Crippen LogP contribution is 2.14. The normalized spacial score (nSPS) is 14.2. The van der Waals surface area contributed by atoms with Crippen LogP contribution in [-0.2, 0) is 0 Å². The summed E-state index contributed by atoms with van der Waals surface area (Å²) in [5.74, 6) is 0. The second kappa shape index (κ2) is 15.8. The molecule has 2 N–H and O–H groups in total. The van der Waals surface area contributed by atoms with Gasteiger partial charge in [0.25, 0.3) is 0 Å². The van der Waals surface area contributed by atoms with Crippen LogP contribution in [0.1, 0.15) is 117 Å². The number of rotatable bonds is 17. The summed E-state index contributed by atoms with van der Waals surface area (Å²) in [7, 11) is 0. The molecule has 0 radical (unpaired) electrons. The van der Waals surface area contributed by atoms with Crippen LogP contribution in [0.15, 0.2) is 0 Å². The van der Waals surface area contributed by atoms with Gasteiger partial charge in [-0.25, -0.2) is 0 Å². The Morgan fingerprint density at radius 2 is 1.09 bits per heavy atom. The first kappa shape index (κ1) is 21.9. The van der Waals surface area contributed by atoms with Crippen molar-refractivity contribution in [2.24, 2.45) is 0 Å². The van der Waals surface area contributed by atoms with E-state index in [1.807, 2.05) is 0 Å². The van der Waals surface area contributed by atoms with E-state index in [1.165, 1.54) is 77.0 Å². The quantitative estimate of drug-likeness (QED) is 0.248. The Bertz CT molecular complexity index is 220. The average molecular weight is 314 g/mol. The van der Waals surface area contributed by atoms with Crippen LogP contribution in [0, 0.1) is 0 Å². The van der Waals surface area contributed by atoms with Crippen molar-refractivity contribution in [3.8, 4) is 0 Å². The molecule has 2 nitrogen and oxygen atoms in total. The van der Waals surface area contributed by atoms with Gasteiger partial charge in [0.15, 0.2) is 0 Å². The molecule has 0 heterocycles. The Morgan fingerprint density at radius 1 is 0.636 bits per heavy atom. The maximum atomic E-state index is 10.3. The summed E-state index contributed by atoms with van der Waals surface area (Å²) in [6.45, 7) is 7.43. The van der Waals surface area contributed by atoms with Crippen LogP contribution in [-0.4, -0.2) is 17.4 Å². The predicted molar refractivity (Wildman–Crippen MR) is 99.2 cm³/mol. The highest BCUT2D eigenvalue weighted by molar-refractivity contribution is 4.72. The highest BCUT2D eigenvalue weighted by Gasteiger charge is 2.21. The van der Waals surface area contributed by atoms with Crippen molar-refractivity contribution in [1.82, 2.24) is 5.32 Å². The Morgan fingerprint density at radius 3 is 1.50 bits per heavy atom. The topological polar surface area (TPSA) is 32.3 Å². The van der Waals surface area contributed by atoms with E-state index in [0.29, 0.717) is 0 Å². The third-order valence-electron chi connectivity index (χ3n) is 4.73. The Labute approximate surface area is 140 Å². The smallest absolute Gasteiger partial charge is 0.115 e. The second-order valence-corrected chi connectivity index (χ2v) is 6.95. The van der Waals surface area contributed by atoms with Crippen molar-refractivity contribution in [3.05, 3.63) is 0 Å². The number of unbranched alkanes of at least 4 members (excludes halogenated alkanes) is 11. The van der Waals surface area contributed by atoms with Gasteiger partial charge >= 0.3 is 0 Å². The molecule has 0 bridgehead atoms. The zero-order valence-electron chi connectivity index (χ0n) is 15.8. The van der Waals surface area contributed by atoms with Gasteiger partial charge in [0, 0.05) is 0 Å². The van der Waals surface area contributed by atoms with Crippen LogP contribution < -0.4 is 5.32 Å². The second-order valence-electron chi connectivity index (χ2n) is 6.95. The SMILES string of the molecule is CCCCCCCCCCCCCCNC(O)(CC)CCC. The highest BCUT2D eigenvalue weighted by atomic mass is 16.3. The van der Waals surface area contributed by atoms with Gasteiger partial charge in [0.1, 0.15) is 5.72 Å². The molecule has 0 aliphatic carbocycles. The molecule has 22 heavy (non-hydrogen) atoms. The number of nitrogens with one attached hydrogen (secondary N) is 1. The van der Waals surface area contributed by atoms with Crippen LogP contribution in [0.2, 0.25) is 0 Å². The van der Waals surface area contributed by atoms with E-state index in [0.717, 1.165) is 25.8 Å². The minimum absolute atomic E-state index is 0.619. The van der Waals surface area contributed by atoms with Crippen LogP contribution >= 0.6 is 0 Å². The fourth-order valence-corrected chi connectivity index (χ4v) is 3.09. The lowest BCUT2D eigenvalue weighted by molar-refractivity contribution is -0.00735. The fourth-order valence-electron chi connectivity index (χ4n) is 3.09. The van der Waals surface area contributed by atoms with Crippen molar-refractivity contribution in [2.45, 2.75) is 123 Å². The standard InChI is InChI=1S/C20H43NO/c1-4-7-8-9-10-11-12-13-14-15-16-17-19-21-20(22,6-3)18-5-2/h21-22H,4-19H2,1-3H3. The molecule has 134 valence electrons. The third kappa shape index (κ3) is 13.6. The molecule has 0 spiro atoms.